The van der Waals surface area contributed by atoms with Gasteiger partial charge < -0.3 is 20.5 Å². The minimum atomic E-state index is -0.855. The Hall–Kier alpha value is -2.76. The number of anilines is 1. The van der Waals surface area contributed by atoms with Crippen molar-refractivity contribution in [1.29, 1.82) is 0 Å². The van der Waals surface area contributed by atoms with E-state index in [1.807, 2.05) is 30.3 Å². The van der Waals surface area contributed by atoms with E-state index in [9.17, 15) is 9.59 Å². The van der Waals surface area contributed by atoms with Crippen LogP contribution in [0.3, 0.4) is 0 Å². The summed E-state index contributed by atoms with van der Waals surface area (Å²) in [6, 6.07) is 10.4. The molecule has 134 valence electrons. The van der Waals surface area contributed by atoms with Crippen LogP contribution in [0.2, 0.25) is 0 Å². The molecule has 2 aromatic rings. The third-order valence-electron chi connectivity index (χ3n) is 3.65. The summed E-state index contributed by atoms with van der Waals surface area (Å²) < 4.78 is 10.0. The van der Waals surface area contributed by atoms with Gasteiger partial charge in [0.25, 0.3) is 0 Å². The Balaban J connectivity index is 2.28. The number of esters is 1. The molecule has 0 aliphatic carbocycles. The zero-order chi connectivity index (χ0) is 18.6. The number of carbonyl (C=O) groups excluding carboxylic acids is 2. The van der Waals surface area contributed by atoms with Crippen LogP contribution < -0.4 is 11.1 Å². The van der Waals surface area contributed by atoms with Crippen LogP contribution in [0.15, 0.2) is 36.4 Å². The highest BCUT2D eigenvalue weighted by atomic mass is 16.6. The minimum Gasteiger partial charge on any atom is -0.467 e. The van der Waals surface area contributed by atoms with Crippen LogP contribution in [-0.4, -0.2) is 30.8 Å². The molecule has 6 nitrogen and oxygen atoms in total. The summed E-state index contributed by atoms with van der Waals surface area (Å²) in [6.45, 7) is 5.27. The van der Waals surface area contributed by atoms with Crippen LogP contribution in [0.1, 0.15) is 26.3 Å². The predicted octanol–water partition coefficient (Wildman–Crippen LogP) is 3.03. The number of hydrogen-bond donors (Lipinski definition) is 2. The lowest BCUT2D eigenvalue weighted by Gasteiger charge is -2.23. The highest BCUT2D eigenvalue weighted by Gasteiger charge is 2.26. The molecule has 0 radical (unpaired) electrons. The fraction of sp³-hybridized carbons (Fsp3) is 0.368. The van der Waals surface area contributed by atoms with E-state index in [1.54, 1.807) is 26.8 Å². The van der Waals surface area contributed by atoms with E-state index >= 15 is 0 Å². The first-order valence-corrected chi connectivity index (χ1v) is 8.04. The van der Waals surface area contributed by atoms with Gasteiger partial charge in [-0.25, -0.2) is 9.59 Å². The number of methoxy groups -OCH3 is 1. The van der Waals surface area contributed by atoms with Gasteiger partial charge in [0, 0.05) is 17.5 Å². The van der Waals surface area contributed by atoms with E-state index in [0.717, 1.165) is 16.3 Å². The van der Waals surface area contributed by atoms with Crippen LogP contribution >= 0.6 is 0 Å². The standard InChI is InChI=1S/C19H24N2O4/c1-19(2,3)25-18(23)21-16(17(22)24-4)11-12-9-10-15(20)14-8-6-5-7-13(12)14/h5-10,16H,11,20H2,1-4H3,(H,21,23)/t16-/m0/s1. The first kappa shape index (κ1) is 18.6. The summed E-state index contributed by atoms with van der Waals surface area (Å²) in [5, 5.41) is 4.42. The second-order valence-corrected chi connectivity index (χ2v) is 6.79. The molecule has 0 fully saturated rings. The number of nitrogen functional groups attached to an aromatic ring is 1. The van der Waals surface area contributed by atoms with Gasteiger partial charge in [0.2, 0.25) is 0 Å². The van der Waals surface area contributed by atoms with Gasteiger partial charge in [0.15, 0.2) is 0 Å². The maximum absolute atomic E-state index is 12.1. The van der Waals surface area contributed by atoms with Crippen molar-refractivity contribution >= 4 is 28.5 Å². The first-order chi connectivity index (χ1) is 11.7. The molecule has 2 rings (SSSR count). The van der Waals surface area contributed by atoms with Gasteiger partial charge in [0.05, 0.1) is 7.11 Å². The molecule has 2 aromatic carbocycles. The Kier molecular flexibility index (Phi) is 5.51. The molecule has 0 bridgehead atoms. The van der Waals surface area contributed by atoms with Gasteiger partial charge in [-0.1, -0.05) is 30.3 Å². The Morgan fingerprint density at radius 2 is 1.76 bits per heavy atom. The van der Waals surface area contributed by atoms with Crippen LogP contribution in [0.25, 0.3) is 10.8 Å². The normalized spacial score (nSPS) is 12.5. The average molecular weight is 344 g/mol. The van der Waals surface area contributed by atoms with Gasteiger partial charge >= 0.3 is 12.1 Å². The van der Waals surface area contributed by atoms with Crippen molar-refractivity contribution in [1.82, 2.24) is 5.32 Å². The summed E-state index contributed by atoms with van der Waals surface area (Å²) in [5.41, 5.74) is 6.90. The fourth-order valence-electron chi connectivity index (χ4n) is 2.57. The number of ether oxygens (including phenoxy) is 2. The number of nitrogens with one attached hydrogen (secondary N) is 1. The van der Waals surface area contributed by atoms with E-state index in [1.165, 1.54) is 7.11 Å². The number of carbonyl (C=O) groups is 2. The van der Waals surface area contributed by atoms with Crippen molar-refractivity contribution in [3.8, 4) is 0 Å². The predicted molar refractivity (Wildman–Crippen MR) is 97.2 cm³/mol. The quantitative estimate of drug-likeness (QED) is 0.657. The molecule has 0 heterocycles. The number of alkyl carbamates (subject to hydrolysis) is 1. The Morgan fingerprint density at radius 1 is 1.12 bits per heavy atom. The Morgan fingerprint density at radius 3 is 2.36 bits per heavy atom. The number of hydrogen-bond acceptors (Lipinski definition) is 5. The molecular formula is C19H24N2O4. The Bertz CT molecular complexity index is 781. The topological polar surface area (TPSA) is 90.6 Å². The maximum atomic E-state index is 12.1. The third kappa shape index (κ3) is 4.86. The summed E-state index contributed by atoms with van der Waals surface area (Å²) in [6.07, 6.45) is -0.394. The smallest absolute Gasteiger partial charge is 0.408 e. The first-order valence-electron chi connectivity index (χ1n) is 8.04. The van der Waals surface area contributed by atoms with Crippen molar-refractivity contribution in [2.45, 2.75) is 38.8 Å². The SMILES string of the molecule is COC(=O)[C@H](Cc1ccc(N)c2ccccc12)NC(=O)OC(C)(C)C. The molecule has 0 saturated heterocycles. The molecular weight excluding hydrogens is 320 g/mol. The lowest BCUT2D eigenvalue weighted by Crippen LogP contribution is -2.45. The molecule has 1 atom stereocenters. The highest BCUT2D eigenvalue weighted by molar-refractivity contribution is 5.95. The molecule has 0 spiro atoms. The van der Waals surface area contributed by atoms with Crippen LogP contribution in [0.4, 0.5) is 10.5 Å². The number of benzene rings is 2. The van der Waals surface area contributed by atoms with Crippen LogP contribution in [-0.2, 0) is 20.7 Å². The third-order valence-corrected chi connectivity index (χ3v) is 3.65. The number of amides is 1. The molecule has 0 aliphatic rings. The van der Waals surface area contributed by atoms with Crippen molar-refractivity contribution < 1.29 is 19.1 Å². The van der Waals surface area contributed by atoms with Gasteiger partial charge in [-0.3, -0.25) is 0 Å². The lowest BCUT2D eigenvalue weighted by atomic mass is 9.97. The molecule has 0 aromatic heterocycles. The molecule has 0 unspecified atom stereocenters. The molecule has 1 amide bonds. The van der Waals surface area contributed by atoms with E-state index in [2.05, 4.69) is 5.32 Å². The fourth-order valence-corrected chi connectivity index (χ4v) is 2.57. The lowest BCUT2D eigenvalue weighted by molar-refractivity contribution is -0.143. The highest BCUT2D eigenvalue weighted by Crippen LogP contribution is 2.25. The van der Waals surface area contributed by atoms with Crippen molar-refractivity contribution in [3.63, 3.8) is 0 Å². The maximum Gasteiger partial charge on any atom is 0.408 e. The number of nitrogens with two attached hydrogens (primary N) is 1. The van der Waals surface area contributed by atoms with Gasteiger partial charge in [-0.15, -0.1) is 0 Å². The summed E-state index contributed by atoms with van der Waals surface area (Å²) in [5.74, 6) is -0.535. The van der Waals surface area contributed by atoms with Gasteiger partial charge in [0.1, 0.15) is 11.6 Å². The van der Waals surface area contributed by atoms with Crippen LogP contribution in [0, 0.1) is 0 Å². The van der Waals surface area contributed by atoms with Gasteiger partial charge in [-0.05, 0) is 37.8 Å². The largest absolute Gasteiger partial charge is 0.467 e. The molecule has 3 N–H and O–H groups in total. The van der Waals surface area contributed by atoms with E-state index in [-0.39, 0.29) is 6.42 Å². The average Bonchev–Trinajstić information content (AvgIpc) is 2.54. The second kappa shape index (κ2) is 7.42. The van der Waals surface area contributed by atoms with E-state index in [4.69, 9.17) is 15.2 Å². The molecule has 6 heteroatoms. The number of rotatable bonds is 4. The van der Waals surface area contributed by atoms with E-state index < -0.39 is 23.7 Å². The zero-order valence-electron chi connectivity index (χ0n) is 15.0. The Labute approximate surface area is 147 Å². The van der Waals surface area contributed by atoms with Crippen molar-refractivity contribution in [2.24, 2.45) is 0 Å². The van der Waals surface area contributed by atoms with Crippen molar-refractivity contribution in [2.75, 3.05) is 12.8 Å². The van der Waals surface area contributed by atoms with E-state index in [0.29, 0.717) is 5.69 Å². The minimum absolute atomic E-state index is 0.271. The molecule has 25 heavy (non-hydrogen) atoms. The van der Waals surface area contributed by atoms with Gasteiger partial charge in [-0.2, -0.15) is 0 Å². The summed E-state index contributed by atoms with van der Waals surface area (Å²) in [4.78, 5) is 24.1. The monoisotopic (exact) mass is 344 g/mol. The zero-order valence-corrected chi connectivity index (χ0v) is 15.0. The second-order valence-electron chi connectivity index (χ2n) is 6.79. The molecule has 0 saturated carbocycles. The van der Waals surface area contributed by atoms with Crippen molar-refractivity contribution in [3.05, 3.63) is 42.0 Å². The number of fused-ring (bicyclic) bond motifs is 1. The van der Waals surface area contributed by atoms with Crippen LogP contribution in [0.5, 0.6) is 0 Å². The molecule has 0 aliphatic heterocycles. The summed E-state index contributed by atoms with van der Waals surface area (Å²) in [7, 11) is 1.28. The summed E-state index contributed by atoms with van der Waals surface area (Å²) >= 11 is 0.